The highest BCUT2D eigenvalue weighted by Crippen LogP contribution is 2.31. The van der Waals surface area contributed by atoms with Gasteiger partial charge in [0.25, 0.3) is 0 Å². The van der Waals surface area contributed by atoms with Gasteiger partial charge in [-0.15, -0.1) is 0 Å². The number of carbonyl (C=O) groups is 1. The largest absolute Gasteiger partial charge is 0.469 e. The molecule has 3 nitrogen and oxygen atoms in total. The summed E-state index contributed by atoms with van der Waals surface area (Å²) in [6, 6.07) is 2.53. The average molecular weight is 348 g/mol. The first-order valence-electron chi connectivity index (χ1n) is 6.47. The van der Waals surface area contributed by atoms with Gasteiger partial charge in [0.05, 0.1) is 7.11 Å². The van der Waals surface area contributed by atoms with Crippen LogP contribution in [0, 0.1) is 17.6 Å². The molecule has 110 valence electrons. The predicted octanol–water partition coefficient (Wildman–Crippen LogP) is 3.51. The van der Waals surface area contributed by atoms with Crippen molar-refractivity contribution in [1.29, 1.82) is 0 Å². The molecule has 1 heterocycles. The number of halogens is 3. The molecule has 0 unspecified atom stereocenters. The summed E-state index contributed by atoms with van der Waals surface area (Å²) in [5, 5.41) is 0. The Hall–Kier alpha value is -1.17. The van der Waals surface area contributed by atoms with Gasteiger partial charge in [-0.2, -0.15) is 0 Å². The second kappa shape index (κ2) is 6.52. The summed E-state index contributed by atoms with van der Waals surface area (Å²) in [6.45, 7) is 1.08. The van der Waals surface area contributed by atoms with Crippen LogP contribution in [0.4, 0.5) is 14.5 Å². The zero-order valence-electron chi connectivity index (χ0n) is 11.2. The SMILES string of the molecule is COC(=O)CC1CCN(c2c(F)cc(Br)cc2F)CC1. The molecule has 0 saturated carbocycles. The van der Waals surface area contributed by atoms with Gasteiger partial charge in [0.2, 0.25) is 0 Å². The quantitative estimate of drug-likeness (QED) is 0.783. The summed E-state index contributed by atoms with van der Waals surface area (Å²) in [5.41, 5.74) is 0.0183. The topological polar surface area (TPSA) is 29.5 Å². The number of benzene rings is 1. The first-order valence-corrected chi connectivity index (χ1v) is 7.27. The van der Waals surface area contributed by atoms with Gasteiger partial charge in [-0.1, -0.05) is 15.9 Å². The van der Waals surface area contributed by atoms with Crippen molar-refractivity contribution >= 4 is 27.6 Å². The van der Waals surface area contributed by atoms with E-state index >= 15 is 0 Å². The number of nitrogens with zero attached hydrogens (tertiary/aromatic N) is 1. The molecule has 0 aliphatic carbocycles. The van der Waals surface area contributed by atoms with Crippen LogP contribution >= 0.6 is 15.9 Å². The minimum atomic E-state index is -0.566. The molecule has 0 amide bonds. The maximum Gasteiger partial charge on any atom is 0.305 e. The van der Waals surface area contributed by atoms with E-state index in [-0.39, 0.29) is 17.6 Å². The second-order valence-corrected chi connectivity index (χ2v) is 5.84. The van der Waals surface area contributed by atoms with Crippen molar-refractivity contribution in [2.45, 2.75) is 19.3 Å². The van der Waals surface area contributed by atoms with Crippen LogP contribution in [0.3, 0.4) is 0 Å². The number of methoxy groups -OCH3 is 1. The molecule has 1 saturated heterocycles. The van der Waals surface area contributed by atoms with E-state index in [1.807, 2.05) is 0 Å². The van der Waals surface area contributed by atoms with E-state index in [9.17, 15) is 13.6 Å². The molecule has 0 atom stereocenters. The Morgan fingerprint density at radius 3 is 2.40 bits per heavy atom. The van der Waals surface area contributed by atoms with Crippen molar-refractivity contribution in [2.75, 3.05) is 25.1 Å². The van der Waals surface area contributed by atoms with E-state index in [0.29, 0.717) is 24.0 Å². The number of esters is 1. The summed E-state index contributed by atoms with van der Waals surface area (Å²) < 4.78 is 32.8. The third-order valence-corrected chi connectivity index (χ3v) is 4.05. The first kappa shape index (κ1) is 15.2. The van der Waals surface area contributed by atoms with Crippen LogP contribution in [0.25, 0.3) is 0 Å². The van der Waals surface area contributed by atoms with Crippen LogP contribution in [0.1, 0.15) is 19.3 Å². The van der Waals surface area contributed by atoms with E-state index in [0.717, 1.165) is 12.8 Å². The van der Waals surface area contributed by atoms with Crippen LogP contribution in [0.5, 0.6) is 0 Å². The van der Waals surface area contributed by atoms with Gasteiger partial charge in [0, 0.05) is 24.0 Å². The Morgan fingerprint density at radius 2 is 1.90 bits per heavy atom. The maximum atomic E-state index is 13.9. The van der Waals surface area contributed by atoms with Crippen molar-refractivity contribution in [3.63, 3.8) is 0 Å². The minimum absolute atomic E-state index is 0.0183. The molecule has 2 rings (SSSR count). The maximum absolute atomic E-state index is 13.9. The van der Waals surface area contributed by atoms with Gasteiger partial charge >= 0.3 is 5.97 Å². The van der Waals surface area contributed by atoms with E-state index in [4.69, 9.17) is 0 Å². The lowest BCUT2D eigenvalue weighted by atomic mass is 9.93. The van der Waals surface area contributed by atoms with E-state index in [1.54, 1.807) is 4.90 Å². The molecule has 0 bridgehead atoms. The standard InChI is InChI=1S/C14H16BrF2NO2/c1-20-13(19)6-9-2-4-18(5-3-9)14-11(16)7-10(15)8-12(14)17/h7-9H,2-6H2,1H3. The van der Waals surface area contributed by atoms with Gasteiger partial charge in [-0.25, -0.2) is 8.78 Å². The lowest BCUT2D eigenvalue weighted by Gasteiger charge is -2.33. The fourth-order valence-electron chi connectivity index (χ4n) is 2.52. The summed E-state index contributed by atoms with van der Waals surface area (Å²) in [4.78, 5) is 12.9. The van der Waals surface area contributed by atoms with Crippen LogP contribution in [0.2, 0.25) is 0 Å². The van der Waals surface area contributed by atoms with Crippen LogP contribution in [-0.2, 0) is 9.53 Å². The smallest absolute Gasteiger partial charge is 0.305 e. The lowest BCUT2D eigenvalue weighted by molar-refractivity contribution is -0.141. The zero-order valence-corrected chi connectivity index (χ0v) is 12.8. The Morgan fingerprint density at radius 1 is 1.35 bits per heavy atom. The molecule has 1 aromatic carbocycles. The van der Waals surface area contributed by atoms with Crippen molar-refractivity contribution in [2.24, 2.45) is 5.92 Å². The molecule has 20 heavy (non-hydrogen) atoms. The summed E-state index contributed by atoms with van der Waals surface area (Å²) in [6.07, 6.45) is 1.82. The molecule has 1 fully saturated rings. The van der Waals surface area contributed by atoms with Crippen molar-refractivity contribution < 1.29 is 18.3 Å². The fraction of sp³-hybridized carbons (Fsp3) is 0.500. The minimum Gasteiger partial charge on any atom is -0.469 e. The Labute approximate surface area is 125 Å². The molecule has 0 aromatic heterocycles. The van der Waals surface area contributed by atoms with Crippen LogP contribution in [0.15, 0.2) is 16.6 Å². The third-order valence-electron chi connectivity index (χ3n) is 3.60. The second-order valence-electron chi connectivity index (χ2n) is 4.93. The zero-order chi connectivity index (χ0) is 14.7. The molecule has 1 aromatic rings. The monoisotopic (exact) mass is 347 g/mol. The van der Waals surface area contributed by atoms with E-state index < -0.39 is 11.6 Å². The predicted molar refractivity (Wildman–Crippen MR) is 75.6 cm³/mol. The summed E-state index contributed by atoms with van der Waals surface area (Å²) in [5.74, 6) is -1.14. The Kier molecular flexibility index (Phi) is 4.96. The Balaban J connectivity index is 2.02. The van der Waals surface area contributed by atoms with Gasteiger partial charge in [0.15, 0.2) is 11.6 Å². The molecule has 6 heteroatoms. The molecule has 0 N–H and O–H groups in total. The van der Waals surface area contributed by atoms with E-state index in [1.165, 1.54) is 19.2 Å². The number of anilines is 1. The lowest BCUT2D eigenvalue weighted by Crippen LogP contribution is -2.35. The van der Waals surface area contributed by atoms with Crippen molar-refractivity contribution in [3.05, 3.63) is 28.2 Å². The third kappa shape index (κ3) is 3.48. The van der Waals surface area contributed by atoms with Crippen LogP contribution in [-0.4, -0.2) is 26.2 Å². The normalized spacial score (nSPS) is 16.3. The van der Waals surface area contributed by atoms with Gasteiger partial charge < -0.3 is 9.64 Å². The molecule has 1 aliphatic rings. The Bertz CT molecular complexity index is 479. The number of hydrogen-bond acceptors (Lipinski definition) is 3. The molecular formula is C14H16BrF2NO2. The van der Waals surface area contributed by atoms with Gasteiger partial charge in [0.1, 0.15) is 5.69 Å². The van der Waals surface area contributed by atoms with E-state index in [2.05, 4.69) is 20.7 Å². The molecule has 1 aliphatic heterocycles. The highest BCUT2D eigenvalue weighted by atomic mass is 79.9. The number of rotatable bonds is 3. The fourth-order valence-corrected chi connectivity index (χ4v) is 2.92. The number of ether oxygens (including phenoxy) is 1. The summed E-state index contributed by atoms with van der Waals surface area (Å²) in [7, 11) is 1.37. The van der Waals surface area contributed by atoms with Crippen LogP contribution < -0.4 is 4.90 Å². The summed E-state index contributed by atoms with van der Waals surface area (Å²) >= 11 is 3.07. The highest BCUT2D eigenvalue weighted by Gasteiger charge is 2.25. The van der Waals surface area contributed by atoms with Gasteiger partial charge in [-0.05, 0) is 30.9 Å². The first-order chi connectivity index (χ1) is 9.51. The van der Waals surface area contributed by atoms with Crippen molar-refractivity contribution in [1.82, 2.24) is 0 Å². The molecule has 0 radical (unpaired) electrons. The number of piperidine rings is 1. The molecule has 0 spiro atoms. The van der Waals surface area contributed by atoms with Crippen molar-refractivity contribution in [3.8, 4) is 0 Å². The highest BCUT2D eigenvalue weighted by molar-refractivity contribution is 9.10. The number of carbonyl (C=O) groups excluding carboxylic acids is 1. The number of hydrogen-bond donors (Lipinski definition) is 0. The average Bonchev–Trinajstić information content (AvgIpc) is 2.39. The van der Waals surface area contributed by atoms with Gasteiger partial charge in [-0.3, -0.25) is 4.79 Å². The molecular weight excluding hydrogens is 332 g/mol.